The van der Waals surface area contributed by atoms with Crippen LogP contribution in [0.15, 0.2) is 10.6 Å². The molecule has 1 saturated carbocycles. The monoisotopic (exact) mass is 261 g/mol. The number of nitrogens with two attached hydrogens (primary N) is 1. The molecule has 2 aliphatic carbocycles. The predicted molar refractivity (Wildman–Crippen MR) is 69.4 cm³/mol. The largest absolute Gasteiger partial charge is 0.333 e. The van der Waals surface area contributed by atoms with Gasteiger partial charge in [0.05, 0.1) is 10.4 Å². The number of rotatable bonds is 2. The van der Waals surface area contributed by atoms with Gasteiger partial charge in [0.2, 0.25) is 0 Å². The van der Waals surface area contributed by atoms with Crippen LogP contribution in [0.25, 0.3) is 10.8 Å². The normalized spacial score (nSPS) is 20.7. The molecule has 4 nitrogen and oxygen atoms in total. The van der Waals surface area contributed by atoms with E-state index in [0.717, 1.165) is 24.1 Å². The quantitative estimate of drug-likeness (QED) is 0.902. The maximum atomic E-state index is 6.21. The highest BCUT2D eigenvalue weighted by atomic mass is 32.1. The van der Waals surface area contributed by atoms with Gasteiger partial charge in [-0.05, 0) is 50.2 Å². The van der Waals surface area contributed by atoms with E-state index >= 15 is 0 Å². The van der Waals surface area contributed by atoms with Gasteiger partial charge in [0.15, 0.2) is 5.82 Å². The third-order valence-electron chi connectivity index (χ3n) is 4.07. The van der Waals surface area contributed by atoms with Crippen LogP contribution in [0.1, 0.15) is 41.9 Å². The number of aryl methyl sites for hydroxylation is 2. The molecule has 0 spiro atoms. The smallest absolute Gasteiger partial charge is 0.268 e. The summed E-state index contributed by atoms with van der Waals surface area (Å²) < 4.78 is 5.38. The van der Waals surface area contributed by atoms with Crippen LogP contribution >= 0.6 is 11.3 Å². The van der Waals surface area contributed by atoms with E-state index in [1.165, 1.54) is 29.7 Å². The highest BCUT2D eigenvalue weighted by molar-refractivity contribution is 7.15. The lowest BCUT2D eigenvalue weighted by molar-refractivity contribution is 0.229. The number of hydrogen-bond acceptors (Lipinski definition) is 5. The van der Waals surface area contributed by atoms with Crippen molar-refractivity contribution in [3.63, 3.8) is 0 Å². The molecule has 2 aromatic rings. The van der Waals surface area contributed by atoms with Gasteiger partial charge in [0, 0.05) is 4.88 Å². The molecule has 2 aliphatic rings. The first-order valence-corrected chi connectivity index (χ1v) is 7.31. The zero-order chi connectivity index (χ0) is 12.2. The molecule has 0 radical (unpaired) electrons. The summed E-state index contributed by atoms with van der Waals surface area (Å²) in [4.78, 5) is 7.08. The first-order valence-electron chi connectivity index (χ1n) is 6.50. The van der Waals surface area contributed by atoms with Gasteiger partial charge in [0.1, 0.15) is 0 Å². The van der Waals surface area contributed by atoms with Crippen LogP contribution in [0.5, 0.6) is 0 Å². The lowest BCUT2D eigenvalue weighted by Crippen LogP contribution is -2.44. The minimum absolute atomic E-state index is 0.332. The number of nitrogens with zero attached hydrogens (tertiary/aromatic N) is 2. The molecule has 2 N–H and O–H groups in total. The second-order valence-electron chi connectivity index (χ2n) is 5.35. The predicted octanol–water partition coefficient (Wildman–Crippen LogP) is 2.62. The van der Waals surface area contributed by atoms with Crippen molar-refractivity contribution < 1.29 is 4.52 Å². The standard InChI is InChI=1S/C13H15N3OS/c14-13(5-2-6-13)12-15-11(17-16-12)10-7-8-3-1-4-9(8)18-10/h7H,1-6,14H2. The first kappa shape index (κ1) is 10.7. The van der Waals surface area contributed by atoms with Crippen molar-refractivity contribution in [2.45, 2.75) is 44.1 Å². The van der Waals surface area contributed by atoms with Crippen LogP contribution < -0.4 is 5.73 Å². The van der Waals surface area contributed by atoms with E-state index in [4.69, 9.17) is 10.3 Å². The van der Waals surface area contributed by atoms with Gasteiger partial charge in [-0.3, -0.25) is 0 Å². The van der Waals surface area contributed by atoms with Gasteiger partial charge in [0.25, 0.3) is 5.89 Å². The fraction of sp³-hybridized carbons (Fsp3) is 0.538. The minimum atomic E-state index is -0.332. The SMILES string of the molecule is NC1(c2noc(-c3cc4c(s3)CCC4)n2)CCC1. The van der Waals surface area contributed by atoms with E-state index in [0.29, 0.717) is 11.7 Å². The van der Waals surface area contributed by atoms with Crippen molar-refractivity contribution in [2.75, 3.05) is 0 Å². The third-order valence-corrected chi connectivity index (χ3v) is 5.30. The van der Waals surface area contributed by atoms with Gasteiger partial charge in [-0.1, -0.05) is 5.16 Å². The van der Waals surface area contributed by atoms with Gasteiger partial charge in [-0.25, -0.2) is 0 Å². The van der Waals surface area contributed by atoms with E-state index in [-0.39, 0.29) is 5.54 Å². The summed E-state index contributed by atoms with van der Waals surface area (Å²) in [5.41, 5.74) is 7.33. The summed E-state index contributed by atoms with van der Waals surface area (Å²) in [6.45, 7) is 0. The lowest BCUT2D eigenvalue weighted by Gasteiger charge is -2.34. The molecule has 0 saturated heterocycles. The van der Waals surface area contributed by atoms with Gasteiger partial charge in [-0.2, -0.15) is 4.98 Å². The van der Waals surface area contributed by atoms with Crippen LogP contribution in [-0.2, 0) is 18.4 Å². The second-order valence-corrected chi connectivity index (χ2v) is 6.48. The average molecular weight is 261 g/mol. The van der Waals surface area contributed by atoms with Gasteiger partial charge < -0.3 is 10.3 Å². The fourth-order valence-electron chi connectivity index (χ4n) is 2.74. The van der Waals surface area contributed by atoms with Crippen LogP contribution in [0.4, 0.5) is 0 Å². The van der Waals surface area contributed by atoms with Crippen LogP contribution in [0.2, 0.25) is 0 Å². The summed E-state index contributed by atoms with van der Waals surface area (Å²) in [5, 5.41) is 4.06. The summed E-state index contributed by atoms with van der Waals surface area (Å²) in [6.07, 6.45) is 6.76. The molecule has 0 aliphatic heterocycles. The molecule has 5 heteroatoms. The molecule has 2 aromatic heterocycles. The fourth-order valence-corrected chi connectivity index (χ4v) is 3.92. The van der Waals surface area contributed by atoms with Crippen LogP contribution in [0.3, 0.4) is 0 Å². The van der Waals surface area contributed by atoms with Crippen LogP contribution in [-0.4, -0.2) is 10.1 Å². The molecule has 0 bridgehead atoms. The van der Waals surface area contributed by atoms with E-state index in [1.807, 2.05) is 0 Å². The number of hydrogen-bond donors (Lipinski definition) is 1. The Hall–Kier alpha value is -1.20. The number of aromatic nitrogens is 2. The molecule has 0 aromatic carbocycles. The summed E-state index contributed by atoms with van der Waals surface area (Å²) in [5.74, 6) is 1.32. The van der Waals surface area contributed by atoms with E-state index in [2.05, 4.69) is 16.2 Å². The van der Waals surface area contributed by atoms with Crippen molar-refractivity contribution in [3.8, 4) is 10.8 Å². The summed E-state index contributed by atoms with van der Waals surface area (Å²) >= 11 is 1.79. The summed E-state index contributed by atoms with van der Waals surface area (Å²) in [6, 6.07) is 2.20. The third kappa shape index (κ3) is 1.47. The Morgan fingerprint density at radius 3 is 2.89 bits per heavy atom. The minimum Gasteiger partial charge on any atom is -0.333 e. The van der Waals surface area contributed by atoms with Gasteiger partial charge in [-0.15, -0.1) is 11.3 Å². The molecular weight excluding hydrogens is 246 g/mol. The van der Waals surface area contributed by atoms with Crippen molar-refractivity contribution in [1.82, 2.24) is 10.1 Å². The Morgan fingerprint density at radius 2 is 2.17 bits per heavy atom. The highest BCUT2D eigenvalue weighted by Gasteiger charge is 2.39. The Kier molecular flexibility index (Phi) is 2.17. The zero-order valence-corrected chi connectivity index (χ0v) is 10.9. The Labute approximate surface area is 109 Å². The maximum Gasteiger partial charge on any atom is 0.268 e. The molecule has 94 valence electrons. The molecule has 0 atom stereocenters. The van der Waals surface area contributed by atoms with Crippen LogP contribution in [0, 0.1) is 0 Å². The molecule has 0 amide bonds. The van der Waals surface area contributed by atoms with Gasteiger partial charge >= 0.3 is 0 Å². The Bertz CT molecular complexity index is 576. The molecule has 2 heterocycles. The average Bonchev–Trinajstić information content (AvgIpc) is 2.99. The molecule has 0 unspecified atom stereocenters. The zero-order valence-electron chi connectivity index (χ0n) is 10.1. The first-order chi connectivity index (χ1) is 8.74. The Morgan fingerprint density at radius 1 is 1.28 bits per heavy atom. The Balaban J connectivity index is 1.68. The molecule has 1 fully saturated rings. The van der Waals surface area contributed by atoms with E-state index in [1.54, 1.807) is 11.3 Å². The number of fused-ring (bicyclic) bond motifs is 1. The molecule has 4 rings (SSSR count). The highest BCUT2D eigenvalue weighted by Crippen LogP contribution is 2.39. The topological polar surface area (TPSA) is 64.9 Å². The van der Waals surface area contributed by atoms with Crippen molar-refractivity contribution in [2.24, 2.45) is 5.73 Å². The van der Waals surface area contributed by atoms with Crippen molar-refractivity contribution >= 4 is 11.3 Å². The van der Waals surface area contributed by atoms with E-state index < -0.39 is 0 Å². The molecular formula is C13H15N3OS. The van der Waals surface area contributed by atoms with Crippen molar-refractivity contribution in [1.29, 1.82) is 0 Å². The lowest BCUT2D eigenvalue weighted by atomic mass is 9.77. The summed E-state index contributed by atoms with van der Waals surface area (Å²) in [7, 11) is 0. The van der Waals surface area contributed by atoms with Crippen molar-refractivity contribution in [3.05, 3.63) is 22.3 Å². The maximum absolute atomic E-state index is 6.21. The molecule has 18 heavy (non-hydrogen) atoms. The van der Waals surface area contributed by atoms with E-state index in [9.17, 15) is 0 Å². The second kappa shape index (κ2) is 3.65. The number of thiophene rings is 1.